The van der Waals surface area contributed by atoms with Crippen molar-refractivity contribution in [1.82, 2.24) is 14.7 Å². The summed E-state index contributed by atoms with van der Waals surface area (Å²) in [5.41, 5.74) is 0.177. The zero-order valence-electron chi connectivity index (χ0n) is 12.0. The SMILES string of the molecule is CCCNc1ncc(S(=O)(=O)NCC2(CC)CC2)cn1. The van der Waals surface area contributed by atoms with E-state index in [1.54, 1.807) is 0 Å². The van der Waals surface area contributed by atoms with Crippen LogP contribution in [0.4, 0.5) is 5.95 Å². The van der Waals surface area contributed by atoms with E-state index in [0.717, 1.165) is 32.2 Å². The van der Waals surface area contributed by atoms with E-state index in [1.807, 2.05) is 6.92 Å². The molecule has 7 heteroatoms. The van der Waals surface area contributed by atoms with E-state index in [-0.39, 0.29) is 10.3 Å². The highest BCUT2D eigenvalue weighted by Crippen LogP contribution is 2.48. The number of hydrogen-bond donors (Lipinski definition) is 2. The lowest BCUT2D eigenvalue weighted by Gasteiger charge is -2.13. The molecule has 6 nitrogen and oxygen atoms in total. The first-order chi connectivity index (χ1) is 9.51. The number of hydrogen-bond acceptors (Lipinski definition) is 5. The van der Waals surface area contributed by atoms with Gasteiger partial charge in [-0.25, -0.2) is 23.1 Å². The fourth-order valence-corrected chi connectivity index (χ4v) is 2.99. The summed E-state index contributed by atoms with van der Waals surface area (Å²) in [6.45, 7) is 5.40. The predicted octanol–water partition coefficient (Wildman–Crippen LogP) is 1.77. The van der Waals surface area contributed by atoms with E-state index in [9.17, 15) is 8.42 Å². The molecule has 1 aromatic heterocycles. The summed E-state index contributed by atoms with van der Waals surface area (Å²) >= 11 is 0. The zero-order chi connectivity index (χ0) is 14.6. The van der Waals surface area contributed by atoms with Crippen molar-refractivity contribution in [1.29, 1.82) is 0 Å². The average Bonchev–Trinajstić information content (AvgIpc) is 3.24. The van der Waals surface area contributed by atoms with Crippen LogP contribution in [0.2, 0.25) is 0 Å². The van der Waals surface area contributed by atoms with Crippen molar-refractivity contribution < 1.29 is 8.42 Å². The second-order valence-electron chi connectivity index (χ2n) is 5.35. The lowest BCUT2D eigenvalue weighted by atomic mass is 10.1. The molecule has 1 heterocycles. The van der Waals surface area contributed by atoms with E-state index in [0.29, 0.717) is 12.5 Å². The minimum Gasteiger partial charge on any atom is -0.354 e. The summed E-state index contributed by atoms with van der Waals surface area (Å²) in [6.07, 6.45) is 6.86. The molecular weight excluding hydrogens is 276 g/mol. The van der Waals surface area contributed by atoms with Crippen molar-refractivity contribution in [2.24, 2.45) is 5.41 Å². The van der Waals surface area contributed by atoms with Crippen LogP contribution < -0.4 is 10.0 Å². The molecule has 1 aromatic rings. The predicted molar refractivity (Wildman–Crippen MR) is 78.0 cm³/mol. The number of anilines is 1. The van der Waals surface area contributed by atoms with E-state index in [2.05, 4.69) is 26.9 Å². The van der Waals surface area contributed by atoms with Crippen LogP contribution in [0.3, 0.4) is 0 Å². The van der Waals surface area contributed by atoms with Crippen LogP contribution in [-0.4, -0.2) is 31.5 Å². The van der Waals surface area contributed by atoms with Crippen molar-refractivity contribution in [3.63, 3.8) is 0 Å². The van der Waals surface area contributed by atoms with Crippen LogP contribution in [0.15, 0.2) is 17.3 Å². The first-order valence-electron chi connectivity index (χ1n) is 7.07. The van der Waals surface area contributed by atoms with Gasteiger partial charge >= 0.3 is 0 Å². The monoisotopic (exact) mass is 298 g/mol. The maximum atomic E-state index is 12.1. The Balaban J connectivity index is 1.98. The summed E-state index contributed by atoms with van der Waals surface area (Å²) < 4.78 is 26.9. The van der Waals surface area contributed by atoms with Crippen LogP contribution in [0, 0.1) is 5.41 Å². The highest BCUT2D eigenvalue weighted by molar-refractivity contribution is 7.89. The average molecular weight is 298 g/mol. The highest BCUT2D eigenvalue weighted by Gasteiger charge is 2.41. The number of sulfonamides is 1. The maximum Gasteiger partial charge on any atom is 0.243 e. The number of rotatable bonds is 8. The van der Waals surface area contributed by atoms with Gasteiger partial charge in [0.25, 0.3) is 0 Å². The van der Waals surface area contributed by atoms with Crippen molar-refractivity contribution in [3.05, 3.63) is 12.4 Å². The minimum atomic E-state index is -3.50. The third-order valence-electron chi connectivity index (χ3n) is 3.82. The standard InChI is InChI=1S/C13H22N4O2S/c1-3-7-14-12-15-8-11(9-16-12)20(18,19)17-10-13(4-2)5-6-13/h8-9,17H,3-7,10H2,1-2H3,(H,14,15,16). The molecule has 20 heavy (non-hydrogen) atoms. The van der Waals surface area contributed by atoms with Gasteiger partial charge < -0.3 is 5.32 Å². The number of nitrogens with one attached hydrogen (secondary N) is 2. The third-order valence-corrected chi connectivity index (χ3v) is 5.17. The second-order valence-corrected chi connectivity index (χ2v) is 7.11. The Morgan fingerprint density at radius 2 is 1.90 bits per heavy atom. The van der Waals surface area contributed by atoms with Crippen molar-refractivity contribution in [2.75, 3.05) is 18.4 Å². The molecule has 0 bridgehead atoms. The molecule has 0 aliphatic heterocycles. The Labute approximate surface area is 120 Å². The summed E-state index contributed by atoms with van der Waals surface area (Å²) in [5, 5.41) is 3.01. The molecule has 0 saturated heterocycles. The van der Waals surface area contributed by atoms with E-state index in [4.69, 9.17) is 0 Å². The fourth-order valence-electron chi connectivity index (χ4n) is 1.95. The van der Waals surface area contributed by atoms with Crippen LogP contribution in [0.5, 0.6) is 0 Å². The normalized spacial score (nSPS) is 16.9. The van der Waals surface area contributed by atoms with Crippen LogP contribution >= 0.6 is 0 Å². The van der Waals surface area contributed by atoms with Gasteiger partial charge in [0.05, 0.1) is 12.4 Å². The molecule has 1 aliphatic carbocycles. The minimum absolute atomic E-state index is 0.117. The molecule has 2 rings (SSSR count). The van der Waals surface area contributed by atoms with E-state index < -0.39 is 10.0 Å². The second kappa shape index (κ2) is 6.05. The Hall–Kier alpha value is -1.21. The summed E-state index contributed by atoms with van der Waals surface area (Å²) in [7, 11) is -3.50. The Morgan fingerprint density at radius 3 is 2.40 bits per heavy atom. The molecule has 1 aliphatic rings. The molecule has 0 aromatic carbocycles. The molecule has 1 fully saturated rings. The zero-order valence-corrected chi connectivity index (χ0v) is 12.8. The van der Waals surface area contributed by atoms with Gasteiger partial charge in [0.2, 0.25) is 16.0 Å². The molecule has 0 radical (unpaired) electrons. The summed E-state index contributed by atoms with van der Waals surface area (Å²) in [6, 6.07) is 0. The van der Waals surface area contributed by atoms with Gasteiger partial charge in [0.15, 0.2) is 0 Å². The van der Waals surface area contributed by atoms with E-state index in [1.165, 1.54) is 12.4 Å². The first-order valence-corrected chi connectivity index (χ1v) is 8.55. The Morgan fingerprint density at radius 1 is 1.25 bits per heavy atom. The molecule has 0 unspecified atom stereocenters. The van der Waals surface area contributed by atoms with Gasteiger partial charge in [-0.2, -0.15) is 0 Å². The van der Waals surface area contributed by atoms with Gasteiger partial charge in [-0.05, 0) is 31.1 Å². The lowest BCUT2D eigenvalue weighted by molar-refractivity contribution is 0.475. The number of aromatic nitrogens is 2. The van der Waals surface area contributed by atoms with Crippen molar-refractivity contribution >= 4 is 16.0 Å². The van der Waals surface area contributed by atoms with Crippen LogP contribution in [0.1, 0.15) is 39.5 Å². The van der Waals surface area contributed by atoms with Crippen LogP contribution in [-0.2, 0) is 10.0 Å². The molecule has 0 atom stereocenters. The highest BCUT2D eigenvalue weighted by atomic mass is 32.2. The molecular formula is C13H22N4O2S. The molecule has 2 N–H and O–H groups in total. The topological polar surface area (TPSA) is 84.0 Å². The third kappa shape index (κ3) is 3.67. The first kappa shape index (κ1) is 15.2. The quantitative estimate of drug-likeness (QED) is 0.764. The Kier molecular flexibility index (Phi) is 4.59. The summed E-state index contributed by atoms with van der Waals surface area (Å²) in [4.78, 5) is 8.16. The van der Waals surface area contributed by atoms with Gasteiger partial charge in [0.1, 0.15) is 4.90 Å². The maximum absolute atomic E-state index is 12.1. The molecule has 0 amide bonds. The van der Waals surface area contributed by atoms with Crippen LogP contribution in [0.25, 0.3) is 0 Å². The molecule has 112 valence electrons. The van der Waals surface area contributed by atoms with Gasteiger partial charge in [-0.3, -0.25) is 0 Å². The fraction of sp³-hybridized carbons (Fsp3) is 0.692. The van der Waals surface area contributed by atoms with Crippen molar-refractivity contribution in [2.45, 2.75) is 44.4 Å². The van der Waals surface area contributed by atoms with Gasteiger partial charge in [-0.1, -0.05) is 13.8 Å². The molecule has 1 saturated carbocycles. The van der Waals surface area contributed by atoms with Gasteiger partial charge in [0, 0.05) is 13.1 Å². The van der Waals surface area contributed by atoms with Crippen molar-refractivity contribution in [3.8, 4) is 0 Å². The Bertz CT molecular complexity index is 538. The smallest absolute Gasteiger partial charge is 0.243 e. The largest absolute Gasteiger partial charge is 0.354 e. The summed E-state index contributed by atoms with van der Waals surface area (Å²) in [5.74, 6) is 0.457. The van der Waals surface area contributed by atoms with E-state index >= 15 is 0 Å². The molecule has 0 spiro atoms. The van der Waals surface area contributed by atoms with Gasteiger partial charge in [-0.15, -0.1) is 0 Å². The lowest BCUT2D eigenvalue weighted by Crippen LogP contribution is -2.30. The number of nitrogens with zero attached hydrogens (tertiary/aromatic N) is 2.